The van der Waals surface area contributed by atoms with E-state index in [1.54, 1.807) is 7.11 Å². The van der Waals surface area contributed by atoms with Crippen LogP contribution in [0.15, 0.2) is 12.1 Å². The Morgan fingerprint density at radius 1 is 1.17 bits per heavy atom. The molecule has 1 unspecified atom stereocenters. The zero-order chi connectivity index (χ0) is 15.6. The van der Waals surface area contributed by atoms with Crippen LogP contribution in [0.5, 0.6) is 17.2 Å². The minimum atomic E-state index is 0. The first-order valence-electron chi connectivity index (χ1n) is 8.47. The maximum Gasteiger partial charge on any atom is 0.231 e. The average Bonchev–Trinajstić information content (AvgIpc) is 3.24. The van der Waals surface area contributed by atoms with E-state index in [0.29, 0.717) is 12.8 Å². The van der Waals surface area contributed by atoms with Crippen LogP contribution in [-0.2, 0) is 6.54 Å². The fourth-order valence-electron chi connectivity index (χ4n) is 3.82. The van der Waals surface area contributed by atoms with Crippen LogP contribution >= 0.6 is 12.4 Å². The summed E-state index contributed by atoms with van der Waals surface area (Å²) in [5.74, 6) is 2.50. The second-order valence-electron chi connectivity index (χ2n) is 6.48. The monoisotopic (exact) mass is 355 g/mol. The third-order valence-electron chi connectivity index (χ3n) is 5.09. The number of hydrogen-bond donors (Lipinski definition) is 1. The first-order valence-corrected chi connectivity index (χ1v) is 8.47. The van der Waals surface area contributed by atoms with Crippen molar-refractivity contribution in [2.24, 2.45) is 0 Å². The van der Waals surface area contributed by atoms with Gasteiger partial charge in [-0.25, -0.2) is 0 Å². The summed E-state index contributed by atoms with van der Waals surface area (Å²) in [5, 5.41) is 3.43. The van der Waals surface area contributed by atoms with E-state index >= 15 is 0 Å². The van der Waals surface area contributed by atoms with Crippen LogP contribution < -0.4 is 19.5 Å². The van der Waals surface area contributed by atoms with Crippen molar-refractivity contribution in [3.05, 3.63) is 17.7 Å². The van der Waals surface area contributed by atoms with Crippen molar-refractivity contribution < 1.29 is 14.2 Å². The second-order valence-corrected chi connectivity index (χ2v) is 6.48. The van der Waals surface area contributed by atoms with Gasteiger partial charge < -0.3 is 19.5 Å². The molecule has 0 saturated carbocycles. The Balaban J connectivity index is 0.00000169. The minimum absolute atomic E-state index is 0. The van der Waals surface area contributed by atoms with E-state index < -0.39 is 0 Å². The molecule has 1 aromatic rings. The smallest absolute Gasteiger partial charge is 0.231 e. The van der Waals surface area contributed by atoms with Crippen molar-refractivity contribution in [1.82, 2.24) is 15.1 Å². The van der Waals surface area contributed by atoms with E-state index in [1.165, 1.54) is 25.1 Å². The Morgan fingerprint density at radius 2 is 1.92 bits per heavy atom. The van der Waals surface area contributed by atoms with Gasteiger partial charge in [-0.2, -0.15) is 0 Å². The van der Waals surface area contributed by atoms with Gasteiger partial charge in [0, 0.05) is 63.5 Å². The van der Waals surface area contributed by atoms with Gasteiger partial charge >= 0.3 is 0 Å². The maximum absolute atomic E-state index is 5.54. The lowest BCUT2D eigenvalue weighted by atomic mass is 10.1. The van der Waals surface area contributed by atoms with Gasteiger partial charge in [-0.05, 0) is 12.5 Å². The molecular weight excluding hydrogens is 330 g/mol. The SMILES string of the molecule is COc1cc2c(cc1CN1CCC(N3CCNCC3)C1)OCO2.Cl. The molecule has 0 amide bonds. The van der Waals surface area contributed by atoms with E-state index in [0.717, 1.165) is 50.0 Å². The predicted octanol–water partition coefficient (Wildman–Crippen LogP) is 1.33. The number of halogens is 1. The number of benzene rings is 1. The molecule has 3 heterocycles. The molecule has 6 nitrogen and oxygen atoms in total. The third kappa shape index (κ3) is 3.57. The summed E-state index contributed by atoms with van der Waals surface area (Å²) in [6.07, 6.45) is 1.26. The number of fused-ring (bicyclic) bond motifs is 1. The molecule has 0 bridgehead atoms. The molecular formula is C17H26ClN3O3. The van der Waals surface area contributed by atoms with E-state index in [9.17, 15) is 0 Å². The van der Waals surface area contributed by atoms with Crippen molar-refractivity contribution >= 4 is 12.4 Å². The highest BCUT2D eigenvalue weighted by Crippen LogP contribution is 2.38. The summed E-state index contributed by atoms with van der Waals surface area (Å²) < 4.78 is 16.5. The lowest BCUT2D eigenvalue weighted by molar-refractivity contribution is 0.170. The Hall–Kier alpha value is -1.21. The molecule has 2 saturated heterocycles. The van der Waals surface area contributed by atoms with Crippen molar-refractivity contribution in [2.45, 2.75) is 19.0 Å². The van der Waals surface area contributed by atoms with Gasteiger partial charge in [0.25, 0.3) is 0 Å². The molecule has 1 aromatic carbocycles. The zero-order valence-corrected chi connectivity index (χ0v) is 14.9. The van der Waals surface area contributed by atoms with Gasteiger partial charge in [-0.15, -0.1) is 12.4 Å². The first-order chi connectivity index (χ1) is 11.3. The number of methoxy groups -OCH3 is 1. The van der Waals surface area contributed by atoms with Gasteiger partial charge in [0.1, 0.15) is 5.75 Å². The molecule has 24 heavy (non-hydrogen) atoms. The summed E-state index contributed by atoms with van der Waals surface area (Å²) in [4.78, 5) is 5.15. The van der Waals surface area contributed by atoms with Gasteiger partial charge in [-0.3, -0.25) is 9.80 Å². The molecule has 0 aliphatic carbocycles. The summed E-state index contributed by atoms with van der Waals surface area (Å²) in [7, 11) is 1.72. The fraction of sp³-hybridized carbons (Fsp3) is 0.647. The van der Waals surface area contributed by atoms with Crippen molar-refractivity contribution in [3.63, 3.8) is 0 Å². The molecule has 1 N–H and O–H groups in total. The number of hydrogen-bond acceptors (Lipinski definition) is 6. The lowest BCUT2D eigenvalue weighted by Gasteiger charge is -2.32. The largest absolute Gasteiger partial charge is 0.496 e. The van der Waals surface area contributed by atoms with Gasteiger partial charge in [0.15, 0.2) is 11.5 Å². The van der Waals surface area contributed by atoms with Crippen LogP contribution in [0, 0.1) is 0 Å². The van der Waals surface area contributed by atoms with Crippen LogP contribution in [0.1, 0.15) is 12.0 Å². The van der Waals surface area contributed by atoms with Gasteiger partial charge in [-0.1, -0.05) is 0 Å². The van der Waals surface area contributed by atoms with E-state index in [1.807, 2.05) is 6.07 Å². The number of ether oxygens (including phenoxy) is 3. The Bertz CT molecular complexity index is 566. The number of piperazine rings is 1. The summed E-state index contributed by atoms with van der Waals surface area (Å²) in [5.41, 5.74) is 1.18. The summed E-state index contributed by atoms with van der Waals surface area (Å²) >= 11 is 0. The molecule has 4 rings (SSSR count). The Kier molecular flexibility index (Phi) is 5.71. The Labute approximate surface area is 149 Å². The third-order valence-corrected chi connectivity index (χ3v) is 5.09. The average molecular weight is 356 g/mol. The maximum atomic E-state index is 5.54. The van der Waals surface area contributed by atoms with Gasteiger partial charge in [0.2, 0.25) is 6.79 Å². The molecule has 134 valence electrons. The highest BCUT2D eigenvalue weighted by atomic mass is 35.5. The molecule has 0 radical (unpaired) electrons. The lowest BCUT2D eigenvalue weighted by Crippen LogP contribution is -2.49. The topological polar surface area (TPSA) is 46.2 Å². The predicted molar refractivity (Wildman–Crippen MR) is 94.5 cm³/mol. The van der Waals surface area contributed by atoms with Crippen molar-refractivity contribution in [1.29, 1.82) is 0 Å². The molecule has 3 aliphatic heterocycles. The molecule has 1 atom stereocenters. The number of likely N-dealkylation sites (tertiary alicyclic amines) is 1. The van der Waals surface area contributed by atoms with Crippen molar-refractivity contribution in [3.8, 4) is 17.2 Å². The fourth-order valence-corrected chi connectivity index (χ4v) is 3.82. The minimum Gasteiger partial charge on any atom is -0.496 e. The van der Waals surface area contributed by atoms with Crippen LogP contribution in [0.4, 0.5) is 0 Å². The van der Waals surface area contributed by atoms with E-state index in [2.05, 4.69) is 21.2 Å². The van der Waals surface area contributed by atoms with Crippen LogP contribution in [0.3, 0.4) is 0 Å². The first kappa shape index (κ1) is 17.6. The molecule has 0 aromatic heterocycles. The second kappa shape index (κ2) is 7.78. The highest BCUT2D eigenvalue weighted by Gasteiger charge is 2.29. The Morgan fingerprint density at radius 3 is 2.67 bits per heavy atom. The highest BCUT2D eigenvalue weighted by molar-refractivity contribution is 5.85. The standard InChI is InChI=1S/C17H25N3O3.ClH/c1-21-15-9-17-16(22-12-23-17)8-13(15)10-19-5-2-14(11-19)20-6-3-18-4-7-20;/h8-9,14,18H,2-7,10-12H2,1H3;1H. The zero-order valence-electron chi connectivity index (χ0n) is 14.1. The van der Waals surface area contributed by atoms with Crippen LogP contribution in [0.2, 0.25) is 0 Å². The van der Waals surface area contributed by atoms with Crippen LogP contribution in [0.25, 0.3) is 0 Å². The normalized spacial score (nSPS) is 24.0. The molecule has 3 aliphatic rings. The molecule has 7 heteroatoms. The number of nitrogens with zero attached hydrogens (tertiary/aromatic N) is 2. The van der Waals surface area contributed by atoms with Crippen LogP contribution in [-0.4, -0.2) is 69.0 Å². The summed E-state index contributed by atoms with van der Waals surface area (Å²) in [6.45, 7) is 8.07. The summed E-state index contributed by atoms with van der Waals surface area (Å²) in [6, 6.07) is 4.71. The van der Waals surface area contributed by atoms with E-state index in [-0.39, 0.29) is 12.4 Å². The van der Waals surface area contributed by atoms with Crippen molar-refractivity contribution in [2.75, 3.05) is 53.2 Å². The quantitative estimate of drug-likeness (QED) is 0.879. The molecule has 0 spiro atoms. The number of nitrogens with one attached hydrogen (secondary N) is 1. The van der Waals surface area contributed by atoms with Gasteiger partial charge in [0.05, 0.1) is 7.11 Å². The molecule has 2 fully saturated rings. The number of rotatable bonds is 4. The van der Waals surface area contributed by atoms with E-state index in [4.69, 9.17) is 14.2 Å².